The van der Waals surface area contributed by atoms with Crippen LogP contribution in [0.5, 0.6) is 5.75 Å². The molecule has 0 saturated heterocycles. The summed E-state index contributed by atoms with van der Waals surface area (Å²) in [6, 6.07) is 20.1. The largest absolute Gasteiger partial charge is 0.423 e. The van der Waals surface area contributed by atoms with E-state index in [1.165, 1.54) is 12.1 Å². The van der Waals surface area contributed by atoms with Crippen molar-refractivity contribution in [3.63, 3.8) is 0 Å². The number of carbonyl (C=O) groups is 3. The highest BCUT2D eigenvalue weighted by Crippen LogP contribution is 2.15. The van der Waals surface area contributed by atoms with Crippen molar-refractivity contribution < 1.29 is 23.5 Å². The second-order valence-corrected chi connectivity index (χ2v) is 6.38. The molecule has 31 heavy (non-hydrogen) atoms. The van der Waals surface area contributed by atoms with Gasteiger partial charge in [0.2, 0.25) is 0 Å². The Balaban J connectivity index is 1.55. The molecule has 8 heteroatoms. The summed E-state index contributed by atoms with van der Waals surface area (Å²) in [4.78, 5) is 35.8. The Labute approximate surface area is 177 Å². The molecule has 0 aliphatic rings. The lowest BCUT2D eigenvalue weighted by atomic mass is 10.1. The van der Waals surface area contributed by atoms with E-state index in [4.69, 9.17) is 4.74 Å². The molecular formula is C23H18FN3O4. The van der Waals surface area contributed by atoms with Crippen LogP contribution < -0.4 is 15.5 Å². The Kier molecular flexibility index (Phi) is 6.85. The smallest absolute Gasteiger partial charge is 0.343 e. The average Bonchev–Trinajstić information content (AvgIpc) is 2.79. The fourth-order valence-electron chi connectivity index (χ4n) is 2.48. The zero-order valence-electron chi connectivity index (χ0n) is 16.5. The number of hydrazone groups is 1. The molecular weight excluding hydrogens is 401 g/mol. The van der Waals surface area contributed by atoms with Gasteiger partial charge in [0, 0.05) is 5.69 Å². The van der Waals surface area contributed by atoms with E-state index in [9.17, 15) is 18.8 Å². The Bertz CT molecular complexity index is 1110. The third kappa shape index (κ3) is 6.07. The van der Waals surface area contributed by atoms with Crippen molar-refractivity contribution in [2.45, 2.75) is 6.92 Å². The molecule has 0 heterocycles. The summed E-state index contributed by atoms with van der Waals surface area (Å²) in [7, 11) is 0. The molecule has 3 rings (SSSR count). The van der Waals surface area contributed by atoms with Gasteiger partial charge in [-0.05, 0) is 73.2 Å². The molecule has 0 aliphatic carbocycles. The first kappa shape index (κ1) is 21.4. The first-order chi connectivity index (χ1) is 14.9. The quantitative estimate of drug-likeness (QED) is 0.217. The number of halogens is 1. The van der Waals surface area contributed by atoms with Crippen LogP contribution in [0.15, 0.2) is 84.0 Å². The minimum absolute atomic E-state index is 0.280. The number of carbonyl (C=O) groups excluding carboxylic acids is 3. The maximum absolute atomic E-state index is 12.9. The lowest BCUT2D eigenvalue weighted by molar-refractivity contribution is -0.136. The second-order valence-electron chi connectivity index (χ2n) is 6.38. The molecule has 0 aliphatic heterocycles. The zero-order valence-corrected chi connectivity index (χ0v) is 16.5. The van der Waals surface area contributed by atoms with Gasteiger partial charge in [0.15, 0.2) is 0 Å². The first-order valence-corrected chi connectivity index (χ1v) is 9.21. The molecule has 0 radical (unpaired) electrons. The van der Waals surface area contributed by atoms with Crippen LogP contribution in [0.4, 0.5) is 10.1 Å². The highest BCUT2D eigenvalue weighted by atomic mass is 19.1. The summed E-state index contributed by atoms with van der Waals surface area (Å²) >= 11 is 0. The van der Waals surface area contributed by atoms with Crippen LogP contribution in [-0.2, 0) is 9.59 Å². The lowest BCUT2D eigenvalue weighted by Crippen LogP contribution is -2.32. The molecule has 0 saturated carbocycles. The minimum atomic E-state index is -0.975. The third-order valence-corrected chi connectivity index (χ3v) is 4.13. The van der Waals surface area contributed by atoms with E-state index in [1.54, 1.807) is 61.5 Å². The highest BCUT2D eigenvalue weighted by molar-refractivity contribution is 6.39. The fraction of sp³-hybridized carbons (Fsp3) is 0.0435. The van der Waals surface area contributed by atoms with Crippen LogP contribution in [0.1, 0.15) is 22.8 Å². The van der Waals surface area contributed by atoms with Gasteiger partial charge >= 0.3 is 17.8 Å². The number of rotatable bonds is 5. The Morgan fingerprint density at radius 2 is 1.45 bits per heavy atom. The van der Waals surface area contributed by atoms with E-state index in [2.05, 4.69) is 15.8 Å². The number of ether oxygens (including phenoxy) is 1. The number of benzene rings is 3. The van der Waals surface area contributed by atoms with Gasteiger partial charge in [-0.25, -0.2) is 14.6 Å². The van der Waals surface area contributed by atoms with Gasteiger partial charge in [-0.1, -0.05) is 18.2 Å². The standard InChI is InChI=1S/C23H18FN3O4/c1-15(26-27-22(29)21(28)25-19-11-9-18(24)10-12-19)16-7-13-20(14-8-16)31-23(30)17-5-3-2-4-6-17/h2-14H,1H3,(H,25,28)(H,27,29)/b26-15+. The summed E-state index contributed by atoms with van der Waals surface area (Å²) in [5.41, 5.74) is 3.96. The van der Waals surface area contributed by atoms with Gasteiger partial charge in [0.05, 0.1) is 11.3 Å². The number of hydrogen-bond acceptors (Lipinski definition) is 5. The van der Waals surface area contributed by atoms with Crippen LogP contribution >= 0.6 is 0 Å². The van der Waals surface area contributed by atoms with Crippen LogP contribution in [0.3, 0.4) is 0 Å². The molecule has 156 valence electrons. The van der Waals surface area contributed by atoms with Crippen molar-refractivity contribution in [2.75, 3.05) is 5.32 Å². The molecule has 3 aromatic carbocycles. The van der Waals surface area contributed by atoms with E-state index in [0.29, 0.717) is 22.6 Å². The van der Waals surface area contributed by atoms with E-state index < -0.39 is 23.6 Å². The van der Waals surface area contributed by atoms with Crippen LogP contribution in [-0.4, -0.2) is 23.5 Å². The molecule has 0 bridgehead atoms. The normalized spacial score (nSPS) is 10.8. The van der Waals surface area contributed by atoms with Gasteiger partial charge in [0.25, 0.3) is 0 Å². The third-order valence-electron chi connectivity index (χ3n) is 4.13. The SMILES string of the molecule is C/C(=N\NC(=O)C(=O)Nc1ccc(F)cc1)c1ccc(OC(=O)c2ccccc2)cc1. The van der Waals surface area contributed by atoms with Gasteiger partial charge in [-0.15, -0.1) is 0 Å². The van der Waals surface area contributed by atoms with Crippen molar-refractivity contribution in [3.8, 4) is 5.75 Å². The number of amides is 2. The number of esters is 1. The van der Waals surface area contributed by atoms with Gasteiger partial charge in [-0.3, -0.25) is 9.59 Å². The molecule has 3 aromatic rings. The number of nitrogens with one attached hydrogen (secondary N) is 2. The van der Waals surface area contributed by atoms with Crippen molar-refractivity contribution in [3.05, 3.63) is 95.8 Å². The second kappa shape index (κ2) is 9.93. The first-order valence-electron chi connectivity index (χ1n) is 9.21. The Morgan fingerprint density at radius 3 is 2.10 bits per heavy atom. The maximum Gasteiger partial charge on any atom is 0.343 e. The molecule has 0 fully saturated rings. The van der Waals surface area contributed by atoms with E-state index in [0.717, 1.165) is 12.1 Å². The predicted octanol–water partition coefficient (Wildman–Crippen LogP) is 3.52. The summed E-state index contributed by atoms with van der Waals surface area (Å²) in [5, 5.41) is 6.23. The summed E-state index contributed by atoms with van der Waals surface area (Å²) in [6.07, 6.45) is 0. The highest BCUT2D eigenvalue weighted by Gasteiger charge is 2.13. The average molecular weight is 419 g/mol. The van der Waals surface area contributed by atoms with Crippen molar-refractivity contribution >= 4 is 29.2 Å². The van der Waals surface area contributed by atoms with Crippen molar-refractivity contribution in [1.29, 1.82) is 0 Å². The molecule has 7 nitrogen and oxygen atoms in total. The van der Waals surface area contributed by atoms with Gasteiger partial charge in [-0.2, -0.15) is 5.10 Å². The Hall–Kier alpha value is -4.33. The predicted molar refractivity (Wildman–Crippen MR) is 113 cm³/mol. The molecule has 2 amide bonds. The van der Waals surface area contributed by atoms with Crippen LogP contribution in [0.2, 0.25) is 0 Å². The summed E-state index contributed by atoms with van der Waals surface area (Å²) in [6.45, 7) is 1.64. The number of anilines is 1. The monoisotopic (exact) mass is 419 g/mol. The summed E-state index contributed by atoms with van der Waals surface area (Å²) in [5.74, 6) is -2.49. The zero-order chi connectivity index (χ0) is 22.2. The topological polar surface area (TPSA) is 96.9 Å². The maximum atomic E-state index is 12.9. The Morgan fingerprint density at radius 1 is 0.806 bits per heavy atom. The van der Waals surface area contributed by atoms with Gasteiger partial charge in [0.1, 0.15) is 11.6 Å². The summed E-state index contributed by atoms with van der Waals surface area (Å²) < 4.78 is 18.2. The molecule has 0 unspecified atom stereocenters. The van der Waals surface area contributed by atoms with Crippen molar-refractivity contribution in [2.24, 2.45) is 5.10 Å². The van der Waals surface area contributed by atoms with E-state index >= 15 is 0 Å². The molecule has 0 aromatic heterocycles. The fourth-order valence-corrected chi connectivity index (χ4v) is 2.48. The van der Waals surface area contributed by atoms with Crippen LogP contribution in [0.25, 0.3) is 0 Å². The van der Waals surface area contributed by atoms with Crippen LogP contribution in [0, 0.1) is 5.82 Å². The molecule has 2 N–H and O–H groups in total. The molecule has 0 atom stereocenters. The van der Waals surface area contributed by atoms with E-state index in [-0.39, 0.29) is 5.69 Å². The van der Waals surface area contributed by atoms with E-state index in [1.807, 2.05) is 0 Å². The van der Waals surface area contributed by atoms with Gasteiger partial charge < -0.3 is 10.1 Å². The minimum Gasteiger partial charge on any atom is -0.423 e. The molecule has 0 spiro atoms. The van der Waals surface area contributed by atoms with Crippen molar-refractivity contribution in [1.82, 2.24) is 5.43 Å². The lowest BCUT2D eigenvalue weighted by Gasteiger charge is -2.07. The number of nitrogens with zero attached hydrogens (tertiary/aromatic N) is 1. The number of hydrogen-bond donors (Lipinski definition) is 2.